The van der Waals surface area contributed by atoms with Gasteiger partial charge in [-0.15, -0.1) is 0 Å². The third kappa shape index (κ3) is 11.1. The molecule has 0 saturated heterocycles. The number of nitrogens with one attached hydrogen (secondary N) is 2. The molecule has 11 heteroatoms. The second-order valence-corrected chi connectivity index (χ2v) is 5.93. The molecule has 3 N–H and O–H groups in total. The van der Waals surface area contributed by atoms with E-state index < -0.39 is 5.97 Å². The summed E-state index contributed by atoms with van der Waals surface area (Å²) in [6.07, 6.45) is 2.98. The number of anilines is 2. The Morgan fingerprint density at radius 3 is 2.07 bits per heavy atom. The zero-order chi connectivity index (χ0) is 20.2. The van der Waals surface area contributed by atoms with Crippen molar-refractivity contribution in [3.63, 3.8) is 0 Å². The van der Waals surface area contributed by atoms with Gasteiger partial charge in [-0.05, 0) is 32.9 Å². The van der Waals surface area contributed by atoms with Gasteiger partial charge >= 0.3 is 24.8 Å². The topological polar surface area (TPSA) is 96.4 Å². The Morgan fingerprint density at radius 2 is 1.57 bits per heavy atom. The molecule has 0 atom stereocenters. The summed E-state index contributed by atoms with van der Waals surface area (Å²) < 4.78 is 4.89. The van der Waals surface area contributed by atoms with E-state index >= 15 is 0 Å². The predicted octanol–water partition coefficient (Wildman–Crippen LogP) is 1.37. The first-order valence-electron chi connectivity index (χ1n) is 8.52. The smallest absolute Gasteiger partial charge is 1.00 e. The molecule has 0 saturated carbocycles. The molecule has 2 aromatic rings. The second-order valence-electron chi connectivity index (χ2n) is 5.16. The number of esters is 1. The maximum absolute atomic E-state index is 11.5. The standard InChI is InChI=1S/C10H13ClN2O2.C8H11ClN2O.CH4.B.Li.H/c1-3-12-8-5-9(11)13-6-7(8)10(14)15-4-2;1-2-10-7-3-8(9)11-4-6(7)5-12;;;;/h5-6H,3-4H2,1-2H3,(H,12,13);3-4,12H,2,5H2,1H3,(H,10,11);1H4;;;/q;;;;+1;-1. The Balaban J connectivity index is -0.000000212. The Morgan fingerprint density at radius 1 is 1.07 bits per heavy atom. The molecule has 0 amide bonds. The third-order valence-electron chi connectivity index (χ3n) is 3.22. The van der Waals surface area contributed by atoms with Gasteiger partial charge < -0.3 is 21.9 Å². The van der Waals surface area contributed by atoms with Crippen LogP contribution in [0.4, 0.5) is 11.4 Å². The maximum Gasteiger partial charge on any atom is 1.00 e. The van der Waals surface area contributed by atoms with Gasteiger partial charge in [0.2, 0.25) is 0 Å². The van der Waals surface area contributed by atoms with Crippen molar-refractivity contribution in [2.45, 2.75) is 34.8 Å². The second kappa shape index (κ2) is 18.3. The van der Waals surface area contributed by atoms with Crippen LogP contribution in [0.1, 0.15) is 45.5 Å². The molecule has 2 heterocycles. The molecule has 161 valence electrons. The summed E-state index contributed by atoms with van der Waals surface area (Å²) in [6.45, 7) is 7.49. The van der Waals surface area contributed by atoms with Gasteiger partial charge in [0.05, 0.1) is 18.9 Å². The summed E-state index contributed by atoms with van der Waals surface area (Å²) in [5.41, 5.74) is 2.67. The van der Waals surface area contributed by atoms with Crippen LogP contribution in [0.25, 0.3) is 0 Å². The van der Waals surface area contributed by atoms with Crippen LogP contribution in [0.3, 0.4) is 0 Å². The number of rotatable bonds is 7. The van der Waals surface area contributed by atoms with E-state index in [1.165, 1.54) is 6.20 Å². The van der Waals surface area contributed by atoms with Crippen molar-refractivity contribution < 1.29 is 34.9 Å². The van der Waals surface area contributed by atoms with Crippen LogP contribution in [0.2, 0.25) is 10.3 Å². The zero-order valence-electron chi connectivity index (χ0n) is 18.1. The van der Waals surface area contributed by atoms with Gasteiger partial charge in [-0.1, -0.05) is 30.6 Å². The van der Waals surface area contributed by atoms with Gasteiger partial charge in [0.25, 0.3) is 0 Å². The zero-order valence-corrected chi connectivity index (χ0v) is 18.6. The molecule has 3 radical (unpaired) electrons. The monoisotopic (exact) mass is 449 g/mol. The van der Waals surface area contributed by atoms with Crippen LogP contribution >= 0.6 is 23.2 Å². The molecule has 0 fully saturated rings. The van der Waals surface area contributed by atoms with Gasteiger partial charge in [-0.3, -0.25) is 0 Å². The number of aliphatic hydroxyl groups is 1. The van der Waals surface area contributed by atoms with Crippen molar-refractivity contribution in [1.82, 2.24) is 9.97 Å². The normalized spacial score (nSPS) is 8.87. The molecule has 2 rings (SSSR count). The van der Waals surface area contributed by atoms with Crippen LogP contribution < -0.4 is 29.5 Å². The molecule has 0 bridgehead atoms. The first-order valence-corrected chi connectivity index (χ1v) is 9.27. The number of aliphatic hydroxyl groups excluding tert-OH is 1. The summed E-state index contributed by atoms with van der Waals surface area (Å²) in [6, 6.07) is 3.31. The van der Waals surface area contributed by atoms with Gasteiger partial charge in [0.15, 0.2) is 0 Å². The van der Waals surface area contributed by atoms with Crippen LogP contribution in [-0.2, 0) is 11.3 Å². The van der Waals surface area contributed by atoms with Crippen molar-refractivity contribution >= 4 is 49.0 Å². The average Bonchev–Trinajstić information content (AvgIpc) is 2.63. The minimum absolute atomic E-state index is 0. The number of carbonyl (C=O) groups is 1. The van der Waals surface area contributed by atoms with E-state index in [4.69, 9.17) is 33.0 Å². The molecule has 0 aliphatic rings. The van der Waals surface area contributed by atoms with Crippen molar-refractivity contribution in [2.24, 2.45) is 0 Å². The molecule has 7 nitrogen and oxygen atoms in total. The first-order chi connectivity index (χ1) is 13.0. The Kier molecular flexibility index (Phi) is 20.3. The molecule has 0 aliphatic heterocycles. The molecule has 0 aliphatic carbocycles. The van der Waals surface area contributed by atoms with Gasteiger partial charge in [0.1, 0.15) is 15.9 Å². The molecule has 0 unspecified atom stereocenters. The predicted molar refractivity (Wildman–Crippen MR) is 122 cm³/mol. The molecular weight excluding hydrogens is 421 g/mol. The fourth-order valence-corrected chi connectivity index (χ4v) is 2.39. The number of carbonyl (C=O) groups excluding carboxylic acids is 1. The first kappa shape index (κ1) is 33.2. The average molecular weight is 450 g/mol. The van der Waals surface area contributed by atoms with E-state index in [9.17, 15) is 4.79 Å². The molecule has 0 aromatic carbocycles. The van der Waals surface area contributed by atoms with Crippen molar-refractivity contribution in [2.75, 3.05) is 30.3 Å². The van der Waals surface area contributed by atoms with Crippen molar-refractivity contribution in [1.29, 1.82) is 0 Å². The summed E-state index contributed by atoms with van der Waals surface area (Å²) in [5, 5.41) is 15.8. The van der Waals surface area contributed by atoms with E-state index in [1.54, 1.807) is 25.3 Å². The van der Waals surface area contributed by atoms with Crippen LogP contribution in [0, 0.1) is 0 Å². The molecule has 0 spiro atoms. The summed E-state index contributed by atoms with van der Waals surface area (Å²) in [5.74, 6) is -0.391. The number of aromatic nitrogens is 2. The van der Waals surface area contributed by atoms with Gasteiger partial charge in [0, 0.05) is 45.1 Å². The fourth-order valence-electron chi connectivity index (χ4n) is 2.08. The van der Waals surface area contributed by atoms with E-state index in [0.717, 1.165) is 17.8 Å². The minimum Gasteiger partial charge on any atom is -1.00 e. The minimum atomic E-state index is -0.391. The summed E-state index contributed by atoms with van der Waals surface area (Å²) >= 11 is 11.4. The number of hydrogen-bond acceptors (Lipinski definition) is 7. The van der Waals surface area contributed by atoms with Gasteiger partial charge in [-0.2, -0.15) is 0 Å². The van der Waals surface area contributed by atoms with Crippen molar-refractivity contribution in [3.05, 3.63) is 46.0 Å². The number of ether oxygens (including phenoxy) is 1. The van der Waals surface area contributed by atoms with Crippen LogP contribution in [0.15, 0.2) is 24.5 Å². The fraction of sp³-hybridized carbons (Fsp3) is 0.421. The summed E-state index contributed by atoms with van der Waals surface area (Å²) in [7, 11) is 0. The van der Waals surface area contributed by atoms with E-state index in [2.05, 4.69) is 20.6 Å². The molecular formula is C19H29BCl2LiN4O3. The number of nitrogens with zero attached hydrogens (tertiary/aromatic N) is 2. The number of halogens is 2. The largest absolute Gasteiger partial charge is 1.00 e. The number of hydrogen-bond donors (Lipinski definition) is 3. The Labute approximate surface area is 204 Å². The molecule has 30 heavy (non-hydrogen) atoms. The van der Waals surface area contributed by atoms with E-state index in [-0.39, 0.29) is 42.7 Å². The van der Waals surface area contributed by atoms with E-state index in [0.29, 0.717) is 34.7 Å². The van der Waals surface area contributed by atoms with E-state index in [1.807, 2.05) is 13.8 Å². The Hall–Kier alpha value is -1.43. The van der Waals surface area contributed by atoms with Crippen LogP contribution in [0.5, 0.6) is 0 Å². The summed E-state index contributed by atoms with van der Waals surface area (Å²) in [4.78, 5) is 19.2. The van der Waals surface area contributed by atoms with Crippen LogP contribution in [-0.4, -0.2) is 49.2 Å². The van der Waals surface area contributed by atoms with Crippen molar-refractivity contribution in [3.8, 4) is 0 Å². The quantitative estimate of drug-likeness (QED) is 0.333. The number of pyridine rings is 2. The van der Waals surface area contributed by atoms with Gasteiger partial charge in [-0.25, -0.2) is 14.8 Å². The third-order valence-corrected chi connectivity index (χ3v) is 3.64. The maximum atomic E-state index is 11.5. The SMILES string of the molecule is C.CCNc1cc(Cl)ncc1C(=O)OCC.CCNc1cc(Cl)ncc1CO.[B].[H-].[Li+]. The molecule has 2 aromatic heterocycles. The Bertz CT molecular complexity index is 764.